The van der Waals surface area contributed by atoms with Gasteiger partial charge in [0, 0.05) is 18.5 Å². The van der Waals surface area contributed by atoms with Gasteiger partial charge < -0.3 is 14.5 Å². The van der Waals surface area contributed by atoms with Crippen LogP contribution in [0.25, 0.3) is 0 Å². The zero-order valence-corrected chi connectivity index (χ0v) is 12.2. The van der Waals surface area contributed by atoms with Crippen molar-refractivity contribution in [3.63, 3.8) is 0 Å². The Labute approximate surface area is 122 Å². The molecular formula is C15H22F3NO2. The van der Waals surface area contributed by atoms with E-state index in [1.54, 1.807) is 6.26 Å². The summed E-state index contributed by atoms with van der Waals surface area (Å²) in [4.78, 5) is 0. The van der Waals surface area contributed by atoms with Crippen molar-refractivity contribution in [3.8, 4) is 0 Å². The van der Waals surface area contributed by atoms with E-state index in [1.807, 2.05) is 12.1 Å². The molecule has 0 saturated heterocycles. The lowest BCUT2D eigenvalue weighted by Gasteiger charge is -2.32. The van der Waals surface area contributed by atoms with Crippen molar-refractivity contribution in [2.75, 3.05) is 6.61 Å². The zero-order valence-electron chi connectivity index (χ0n) is 12.2. The summed E-state index contributed by atoms with van der Waals surface area (Å²) in [7, 11) is 0. The van der Waals surface area contributed by atoms with Crippen LogP contribution >= 0.6 is 0 Å². The molecule has 1 aromatic heterocycles. The highest BCUT2D eigenvalue weighted by atomic mass is 19.4. The van der Waals surface area contributed by atoms with E-state index < -0.39 is 12.8 Å². The summed E-state index contributed by atoms with van der Waals surface area (Å²) in [6, 6.07) is 4.21. The van der Waals surface area contributed by atoms with Gasteiger partial charge >= 0.3 is 6.18 Å². The van der Waals surface area contributed by atoms with Gasteiger partial charge in [0.1, 0.15) is 12.4 Å². The molecule has 1 aromatic rings. The Morgan fingerprint density at radius 3 is 2.90 bits per heavy atom. The van der Waals surface area contributed by atoms with E-state index in [0.717, 1.165) is 25.0 Å². The van der Waals surface area contributed by atoms with Crippen molar-refractivity contribution in [1.82, 2.24) is 5.32 Å². The van der Waals surface area contributed by atoms with Gasteiger partial charge in [0.25, 0.3) is 0 Å². The predicted molar refractivity (Wildman–Crippen MR) is 73.1 cm³/mol. The molecule has 1 heterocycles. The van der Waals surface area contributed by atoms with Crippen LogP contribution in [0.4, 0.5) is 13.2 Å². The molecule has 3 nitrogen and oxygen atoms in total. The minimum Gasteiger partial charge on any atom is -0.469 e. The first-order valence-electron chi connectivity index (χ1n) is 7.39. The molecule has 21 heavy (non-hydrogen) atoms. The van der Waals surface area contributed by atoms with Gasteiger partial charge in [-0.1, -0.05) is 0 Å². The molecule has 0 aromatic carbocycles. The number of hydrogen-bond donors (Lipinski definition) is 1. The highest BCUT2D eigenvalue weighted by Gasteiger charge is 2.31. The topological polar surface area (TPSA) is 34.4 Å². The average Bonchev–Trinajstić information content (AvgIpc) is 2.88. The third kappa shape index (κ3) is 6.09. The Balaban J connectivity index is 1.73. The van der Waals surface area contributed by atoms with Crippen LogP contribution < -0.4 is 5.32 Å². The van der Waals surface area contributed by atoms with E-state index in [9.17, 15) is 13.2 Å². The first kappa shape index (κ1) is 16.4. The van der Waals surface area contributed by atoms with Gasteiger partial charge in [0.15, 0.2) is 0 Å². The Bertz CT molecular complexity index is 406. The molecule has 0 bridgehead atoms. The summed E-state index contributed by atoms with van der Waals surface area (Å²) in [5, 5.41) is 3.46. The van der Waals surface area contributed by atoms with Crippen molar-refractivity contribution < 1.29 is 22.3 Å². The lowest BCUT2D eigenvalue weighted by Crippen LogP contribution is -2.42. The van der Waals surface area contributed by atoms with Crippen LogP contribution in [-0.4, -0.2) is 31.0 Å². The Morgan fingerprint density at radius 2 is 2.24 bits per heavy atom. The second-order valence-electron chi connectivity index (χ2n) is 5.76. The molecule has 1 saturated carbocycles. The molecule has 0 amide bonds. The van der Waals surface area contributed by atoms with Crippen LogP contribution in [0.3, 0.4) is 0 Å². The van der Waals surface area contributed by atoms with Gasteiger partial charge in [-0.15, -0.1) is 0 Å². The number of ether oxygens (including phenoxy) is 1. The SMILES string of the molecule is CC(Cc1ccco1)NC1CCCC(OCC(F)(F)F)C1. The van der Waals surface area contributed by atoms with Crippen LogP contribution in [0.15, 0.2) is 22.8 Å². The summed E-state index contributed by atoms with van der Waals surface area (Å²) in [5.74, 6) is 0.913. The number of halogens is 3. The molecule has 3 atom stereocenters. The molecule has 0 spiro atoms. The van der Waals surface area contributed by atoms with E-state index in [1.165, 1.54) is 0 Å². The molecular weight excluding hydrogens is 283 g/mol. The minimum atomic E-state index is -4.24. The van der Waals surface area contributed by atoms with E-state index in [0.29, 0.717) is 12.8 Å². The average molecular weight is 305 g/mol. The smallest absolute Gasteiger partial charge is 0.411 e. The first-order valence-corrected chi connectivity index (χ1v) is 7.39. The Hall–Kier alpha value is -1.01. The van der Waals surface area contributed by atoms with E-state index >= 15 is 0 Å². The molecule has 1 N–H and O–H groups in total. The maximum absolute atomic E-state index is 12.2. The summed E-state index contributed by atoms with van der Waals surface area (Å²) >= 11 is 0. The minimum absolute atomic E-state index is 0.210. The highest BCUT2D eigenvalue weighted by Crippen LogP contribution is 2.24. The largest absolute Gasteiger partial charge is 0.469 e. The second-order valence-corrected chi connectivity index (χ2v) is 5.76. The third-order valence-corrected chi connectivity index (χ3v) is 3.72. The van der Waals surface area contributed by atoms with Gasteiger partial charge in [-0.25, -0.2) is 0 Å². The van der Waals surface area contributed by atoms with Crippen LogP contribution in [-0.2, 0) is 11.2 Å². The van der Waals surface area contributed by atoms with Crippen molar-refractivity contribution >= 4 is 0 Å². The monoisotopic (exact) mass is 305 g/mol. The van der Waals surface area contributed by atoms with E-state index in [4.69, 9.17) is 9.15 Å². The normalized spacial score (nSPS) is 25.0. The number of rotatable bonds is 6. The fourth-order valence-electron chi connectivity index (χ4n) is 2.85. The maximum Gasteiger partial charge on any atom is 0.411 e. The van der Waals surface area contributed by atoms with Crippen molar-refractivity contribution in [2.24, 2.45) is 0 Å². The third-order valence-electron chi connectivity index (χ3n) is 3.72. The van der Waals surface area contributed by atoms with Crippen LogP contribution in [0.5, 0.6) is 0 Å². The highest BCUT2D eigenvalue weighted by molar-refractivity contribution is 5.00. The lowest BCUT2D eigenvalue weighted by molar-refractivity contribution is -0.188. The van der Waals surface area contributed by atoms with Gasteiger partial charge in [0.2, 0.25) is 0 Å². The summed E-state index contributed by atoms with van der Waals surface area (Å²) in [5.41, 5.74) is 0. The number of furan rings is 1. The first-order chi connectivity index (χ1) is 9.92. The number of alkyl halides is 3. The van der Waals surface area contributed by atoms with Gasteiger partial charge in [0.05, 0.1) is 12.4 Å². The molecule has 0 aliphatic heterocycles. The van der Waals surface area contributed by atoms with Crippen LogP contribution in [0.2, 0.25) is 0 Å². The van der Waals surface area contributed by atoms with E-state index in [-0.39, 0.29) is 18.2 Å². The Morgan fingerprint density at radius 1 is 1.43 bits per heavy atom. The molecule has 0 radical (unpaired) electrons. The molecule has 3 unspecified atom stereocenters. The second kappa shape index (κ2) is 7.31. The number of hydrogen-bond acceptors (Lipinski definition) is 3. The van der Waals surface area contributed by atoms with Gasteiger partial charge in [-0.05, 0) is 44.7 Å². The van der Waals surface area contributed by atoms with Gasteiger partial charge in [-0.3, -0.25) is 0 Å². The maximum atomic E-state index is 12.2. The van der Waals surface area contributed by atoms with E-state index in [2.05, 4.69) is 12.2 Å². The summed E-state index contributed by atoms with van der Waals surface area (Å²) < 4.78 is 46.8. The van der Waals surface area contributed by atoms with Gasteiger partial charge in [-0.2, -0.15) is 13.2 Å². The fraction of sp³-hybridized carbons (Fsp3) is 0.733. The quantitative estimate of drug-likeness (QED) is 0.870. The van der Waals surface area contributed by atoms with Crippen molar-refractivity contribution in [3.05, 3.63) is 24.2 Å². The molecule has 1 fully saturated rings. The molecule has 1 aliphatic rings. The molecule has 1 aliphatic carbocycles. The summed E-state index contributed by atoms with van der Waals surface area (Å²) in [6.45, 7) is 0.912. The number of nitrogens with one attached hydrogen (secondary N) is 1. The van der Waals surface area contributed by atoms with Crippen LogP contribution in [0, 0.1) is 0 Å². The standard InChI is InChI=1S/C15H22F3NO2/c1-11(8-13-6-3-7-20-13)19-12-4-2-5-14(9-12)21-10-15(16,17)18/h3,6-7,11-12,14,19H,2,4-5,8-10H2,1H3. The Kier molecular flexibility index (Phi) is 5.70. The fourth-order valence-corrected chi connectivity index (χ4v) is 2.85. The van der Waals surface area contributed by atoms with Crippen LogP contribution in [0.1, 0.15) is 38.4 Å². The predicted octanol–water partition coefficient (Wildman–Crippen LogP) is 3.69. The molecule has 6 heteroatoms. The van der Waals surface area contributed by atoms with Crippen molar-refractivity contribution in [2.45, 2.75) is 63.4 Å². The lowest BCUT2D eigenvalue weighted by atomic mass is 9.92. The zero-order chi connectivity index (χ0) is 15.3. The molecule has 120 valence electrons. The van der Waals surface area contributed by atoms with Crippen molar-refractivity contribution in [1.29, 1.82) is 0 Å². The summed E-state index contributed by atoms with van der Waals surface area (Å²) in [6.07, 6.45) is 1.10. The molecule has 2 rings (SSSR count).